The topological polar surface area (TPSA) is 192 Å². The number of phenols is 3. The van der Waals surface area contributed by atoms with Crippen molar-refractivity contribution in [2.24, 2.45) is 0 Å². The van der Waals surface area contributed by atoms with Crippen molar-refractivity contribution in [2.45, 2.75) is 0 Å². The Labute approximate surface area is 201 Å². The molecule has 11 nitrogen and oxygen atoms in total. The van der Waals surface area contributed by atoms with Gasteiger partial charge in [-0.25, -0.2) is 9.59 Å². The van der Waals surface area contributed by atoms with Crippen LogP contribution >= 0.6 is 23.0 Å². The van der Waals surface area contributed by atoms with Crippen LogP contribution < -0.4 is 3.07 Å². The SMILES string of the molecule is O=C1C(=O)c2c(cc3oc4cc(C(=O)O)c(C(=O)O)c(O)c4c3c2O)-c2cc(OI)c(O)cc21. The number of fused-ring (bicyclic) bond motifs is 6. The van der Waals surface area contributed by atoms with Crippen molar-refractivity contribution in [3.63, 3.8) is 0 Å². The Morgan fingerprint density at radius 2 is 1.44 bits per heavy atom. The Morgan fingerprint density at radius 3 is 2.06 bits per heavy atom. The minimum Gasteiger partial charge on any atom is -0.506 e. The molecule has 0 spiro atoms. The third kappa shape index (κ3) is 2.68. The van der Waals surface area contributed by atoms with Gasteiger partial charge in [-0.2, -0.15) is 0 Å². The molecule has 12 heteroatoms. The van der Waals surface area contributed by atoms with Gasteiger partial charge in [0.05, 0.1) is 21.9 Å². The van der Waals surface area contributed by atoms with E-state index in [0.717, 1.165) is 12.1 Å². The summed E-state index contributed by atoms with van der Waals surface area (Å²) in [6.07, 6.45) is 0. The van der Waals surface area contributed by atoms with E-state index in [1.54, 1.807) is 0 Å². The molecule has 1 heterocycles. The Balaban J connectivity index is 1.95. The van der Waals surface area contributed by atoms with Crippen LogP contribution in [0.15, 0.2) is 28.7 Å². The molecule has 1 aromatic heterocycles. The van der Waals surface area contributed by atoms with Crippen molar-refractivity contribution in [3.05, 3.63) is 46.5 Å². The van der Waals surface area contributed by atoms with E-state index in [-0.39, 0.29) is 50.1 Å². The van der Waals surface area contributed by atoms with Crippen LogP contribution in [0, 0.1) is 0 Å². The van der Waals surface area contributed by atoms with Crippen LogP contribution in [-0.4, -0.2) is 49.0 Å². The van der Waals surface area contributed by atoms with Crippen molar-refractivity contribution in [2.75, 3.05) is 0 Å². The zero-order valence-corrected chi connectivity index (χ0v) is 18.5. The number of rotatable bonds is 3. The van der Waals surface area contributed by atoms with Crippen LogP contribution in [0.1, 0.15) is 41.4 Å². The van der Waals surface area contributed by atoms with E-state index in [1.807, 2.05) is 0 Å². The molecule has 0 bridgehead atoms. The third-order valence-electron chi connectivity index (χ3n) is 5.59. The number of hydrogen-bond acceptors (Lipinski definition) is 9. The lowest BCUT2D eigenvalue weighted by Gasteiger charge is -2.20. The van der Waals surface area contributed by atoms with Crippen molar-refractivity contribution in [1.82, 2.24) is 0 Å². The Kier molecular flexibility index (Phi) is 4.48. The molecule has 1 aliphatic rings. The Bertz CT molecular complexity index is 1660. The van der Waals surface area contributed by atoms with Crippen LogP contribution in [0.3, 0.4) is 0 Å². The van der Waals surface area contributed by atoms with Crippen LogP contribution in [-0.2, 0) is 0 Å². The van der Waals surface area contributed by atoms with Crippen LogP contribution in [0.25, 0.3) is 33.1 Å². The van der Waals surface area contributed by atoms with Gasteiger partial charge < -0.3 is 33.0 Å². The van der Waals surface area contributed by atoms with E-state index in [4.69, 9.17) is 7.48 Å². The first kappa shape index (κ1) is 21.5. The predicted octanol–water partition coefficient (Wildman–Crippen LogP) is 3.87. The van der Waals surface area contributed by atoms with E-state index < -0.39 is 51.7 Å². The van der Waals surface area contributed by atoms with Crippen molar-refractivity contribution in [1.29, 1.82) is 0 Å². The summed E-state index contributed by atoms with van der Waals surface area (Å²) in [5.41, 5.74) is -2.48. The van der Waals surface area contributed by atoms with E-state index in [9.17, 15) is 44.7 Å². The smallest absolute Gasteiger partial charge is 0.340 e. The van der Waals surface area contributed by atoms with Gasteiger partial charge in [-0.3, -0.25) is 9.59 Å². The molecule has 0 fully saturated rings. The van der Waals surface area contributed by atoms with E-state index in [0.29, 0.717) is 0 Å². The molecule has 0 aliphatic heterocycles. The summed E-state index contributed by atoms with van der Waals surface area (Å²) >= 11 is 1.51. The second kappa shape index (κ2) is 7.08. The first-order valence-corrected chi connectivity index (χ1v) is 10.1. The van der Waals surface area contributed by atoms with Gasteiger partial charge in [-0.05, 0) is 29.8 Å². The highest BCUT2D eigenvalue weighted by Crippen LogP contribution is 2.49. The Morgan fingerprint density at radius 1 is 0.794 bits per heavy atom. The minimum absolute atomic E-state index is 0.0218. The van der Waals surface area contributed by atoms with Gasteiger partial charge in [0.25, 0.3) is 0 Å². The van der Waals surface area contributed by atoms with Gasteiger partial charge in [0.1, 0.15) is 28.2 Å². The molecule has 1 aliphatic carbocycles. The summed E-state index contributed by atoms with van der Waals surface area (Å²) in [6.45, 7) is 0. The number of furan rings is 1. The van der Waals surface area contributed by atoms with E-state index in [2.05, 4.69) is 0 Å². The molecule has 0 amide bonds. The molecular formula is C22H9IO11. The number of ketones is 2. The monoisotopic (exact) mass is 576 g/mol. The summed E-state index contributed by atoms with van der Waals surface area (Å²) in [5.74, 6) is -7.69. The minimum atomic E-state index is -1.74. The quantitative estimate of drug-likeness (QED) is 0.176. The number of carbonyl (C=O) groups is 4. The maximum Gasteiger partial charge on any atom is 0.340 e. The normalized spacial score (nSPS) is 12.6. The summed E-state index contributed by atoms with van der Waals surface area (Å²) in [4.78, 5) is 48.8. The second-order valence-electron chi connectivity index (χ2n) is 7.36. The number of benzene rings is 3. The number of carbonyl (C=O) groups excluding carboxylic acids is 2. The molecule has 0 saturated carbocycles. The average Bonchev–Trinajstić information content (AvgIpc) is 3.15. The van der Waals surface area contributed by atoms with Crippen molar-refractivity contribution >= 4 is 68.4 Å². The number of hydrogen-bond donors (Lipinski definition) is 5. The standard InChI is InChI=1S/C22H9IO11/c23-34-10-2-5-6-3-11-15(18(26)13(6)20(28)17(25)7(5)1-9(10)24)16-12(33-11)4-8(21(29)30)14(19(16)27)22(31)32/h1-4,24,26-27H,(H,29,30)(H,31,32). The molecule has 0 saturated heterocycles. The van der Waals surface area contributed by atoms with Gasteiger partial charge in [0, 0.05) is 11.1 Å². The molecule has 5 N–H and O–H groups in total. The fourth-order valence-electron chi connectivity index (χ4n) is 4.16. The highest BCUT2D eigenvalue weighted by atomic mass is 127. The molecule has 0 unspecified atom stereocenters. The molecule has 34 heavy (non-hydrogen) atoms. The first-order chi connectivity index (χ1) is 16.1. The molecule has 0 radical (unpaired) electrons. The largest absolute Gasteiger partial charge is 0.506 e. The van der Waals surface area contributed by atoms with Crippen molar-refractivity contribution < 1.29 is 52.2 Å². The van der Waals surface area contributed by atoms with Crippen LogP contribution in [0.2, 0.25) is 0 Å². The molecule has 170 valence electrons. The lowest BCUT2D eigenvalue weighted by molar-refractivity contribution is 0.0649. The Hall–Kier alpha value is -4.33. The number of Topliss-reactive ketones (excluding diaryl/α,β-unsaturated/α-hetero) is 2. The van der Waals surface area contributed by atoms with Gasteiger partial charge in [-0.1, -0.05) is 0 Å². The lowest BCUT2D eigenvalue weighted by Crippen LogP contribution is -2.21. The average molecular weight is 576 g/mol. The number of aromatic hydroxyl groups is 3. The zero-order valence-electron chi connectivity index (χ0n) is 16.4. The van der Waals surface area contributed by atoms with E-state index >= 15 is 0 Å². The predicted molar refractivity (Wildman–Crippen MR) is 121 cm³/mol. The number of halogens is 1. The fraction of sp³-hybridized carbons (Fsp3) is 0. The number of aromatic carboxylic acids is 2. The molecule has 3 aromatic carbocycles. The molecule has 0 atom stereocenters. The van der Waals surface area contributed by atoms with Crippen molar-refractivity contribution in [3.8, 4) is 34.1 Å². The highest BCUT2D eigenvalue weighted by molar-refractivity contribution is 14.1. The lowest BCUT2D eigenvalue weighted by atomic mass is 9.82. The second-order valence-corrected chi connectivity index (χ2v) is 7.80. The summed E-state index contributed by atoms with van der Waals surface area (Å²) < 4.78 is 10.6. The highest BCUT2D eigenvalue weighted by Gasteiger charge is 2.37. The zero-order chi connectivity index (χ0) is 24.6. The number of phenolic OH excluding ortho intramolecular Hbond substituents is 2. The maximum atomic E-state index is 12.9. The first-order valence-electron chi connectivity index (χ1n) is 9.26. The summed E-state index contributed by atoms with van der Waals surface area (Å²) in [6, 6.07) is 4.50. The van der Waals surface area contributed by atoms with E-state index in [1.165, 1.54) is 35.1 Å². The fourth-order valence-corrected chi connectivity index (χ4v) is 4.51. The summed E-state index contributed by atoms with van der Waals surface area (Å²) in [7, 11) is 0. The van der Waals surface area contributed by atoms with Gasteiger partial charge in [0.2, 0.25) is 11.6 Å². The molecular weight excluding hydrogens is 567 g/mol. The van der Waals surface area contributed by atoms with Gasteiger partial charge >= 0.3 is 11.9 Å². The molecule has 5 rings (SSSR count). The van der Waals surface area contributed by atoms with Gasteiger partial charge in [0.15, 0.2) is 34.5 Å². The number of carboxylic acid groups (broad SMARTS) is 2. The molecule has 4 aromatic rings. The third-order valence-corrected chi connectivity index (χ3v) is 6.07. The van der Waals surface area contributed by atoms with Crippen LogP contribution in [0.4, 0.5) is 0 Å². The number of carboxylic acids is 2. The van der Waals surface area contributed by atoms with Gasteiger partial charge in [-0.15, -0.1) is 0 Å². The van der Waals surface area contributed by atoms with Crippen LogP contribution in [0.5, 0.6) is 23.0 Å². The summed E-state index contributed by atoms with van der Waals surface area (Å²) in [5, 5.41) is 49.9. The maximum absolute atomic E-state index is 12.9.